The molecule has 1 saturated heterocycles. The number of carbonyl (C=O) groups excluding carboxylic acids is 1. The Balaban J connectivity index is 1.66. The summed E-state index contributed by atoms with van der Waals surface area (Å²) in [5, 5.41) is 0. The monoisotopic (exact) mass is 287 g/mol. The maximum atomic E-state index is 12.4. The Morgan fingerprint density at radius 2 is 1.95 bits per heavy atom. The van der Waals surface area contributed by atoms with Crippen molar-refractivity contribution in [2.45, 2.75) is 44.4 Å². The first kappa shape index (κ1) is 14.4. The van der Waals surface area contributed by atoms with Gasteiger partial charge in [0.1, 0.15) is 5.75 Å². The molecule has 1 saturated carbocycles. The zero-order valence-electron chi connectivity index (χ0n) is 12.9. The zero-order valence-corrected chi connectivity index (χ0v) is 12.9. The molecule has 0 N–H and O–H groups in total. The first-order chi connectivity index (χ1) is 10.3. The number of nitrogens with zero attached hydrogens (tertiary/aromatic N) is 1. The van der Waals surface area contributed by atoms with Gasteiger partial charge in [-0.1, -0.05) is 18.6 Å². The van der Waals surface area contributed by atoms with E-state index in [1.54, 1.807) is 7.11 Å². The third-order valence-corrected chi connectivity index (χ3v) is 4.77. The van der Waals surface area contributed by atoms with Crippen LogP contribution in [0.2, 0.25) is 0 Å². The van der Waals surface area contributed by atoms with Gasteiger partial charge in [0.15, 0.2) is 0 Å². The van der Waals surface area contributed by atoms with E-state index in [0.29, 0.717) is 17.7 Å². The van der Waals surface area contributed by atoms with E-state index in [9.17, 15) is 4.79 Å². The maximum absolute atomic E-state index is 12.4. The number of rotatable bonds is 4. The Hall–Kier alpha value is -1.51. The number of carbonyl (C=O) groups is 1. The van der Waals surface area contributed by atoms with Crippen LogP contribution in [0.5, 0.6) is 5.75 Å². The number of hydrogen-bond donors (Lipinski definition) is 0. The summed E-state index contributed by atoms with van der Waals surface area (Å²) in [7, 11) is 1.69. The van der Waals surface area contributed by atoms with Crippen LogP contribution >= 0.6 is 0 Å². The Labute approximate surface area is 127 Å². The number of amides is 1. The Morgan fingerprint density at radius 3 is 2.62 bits per heavy atom. The van der Waals surface area contributed by atoms with Crippen LogP contribution in [0.15, 0.2) is 24.3 Å². The minimum absolute atomic E-state index is 0.373. The fourth-order valence-corrected chi connectivity index (χ4v) is 3.21. The van der Waals surface area contributed by atoms with Crippen LogP contribution in [0.1, 0.15) is 50.0 Å². The molecule has 3 nitrogen and oxygen atoms in total. The van der Waals surface area contributed by atoms with Crippen molar-refractivity contribution in [1.82, 2.24) is 4.90 Å². The van der Waals surface area contributed by atoms with Gasteiger partial charge in [-0.15, -0.1) is 0 Å². The third-order valence-electron chi connectivity index (χ3n) is 4.77. The normalized spacial score (nSPS) is 22.7. The molecule has 1 aliphatic heterocycles. The van der Waals surface area contributed by atoms with Crippen LogP contribution in [0.3, 0.4) is 0 Å². The molecule has 2 fully saturated rings. The summed E-state index contributed by atoms with van der Waals surface area (Å²) >= 11 is 0. The highest BCUT2D eigenvalue weighted by Crippen LogP contribution is 2.34. The van der Waals surface area contributed by atoms with E-state index in [2.05, 4.69) is 17.0 Å². The van der Waals surface area contributed by atoms with E-state index in [0.717, 1.165) is 31.7 Å². The van der Waals surface area contributed by atoms with E-state index in [-0.39, 0.29) is 0 Å². The summed E-state index contributed by atoms with van der Waals surface area (Å²) in [6, 6.07) is 8.35. The largest absolute Gasteiger partial charge is 0.497 e. The molecular weight excluding hydrogens is 262 g/mol. The van der Waals surface area contributed by atoms with E-state index >= 15 is 0 Å². The van der Waals surface area contributed by atoms with Crippen molar-refractivity contribution in [2.24, 2.45) is 5.92 Å². The summed E-state index contributed by atoms with van der Waals surface area (Å²) in [4.78, 5) is 14.5. The lowest BCUT2D eigenvalue weighted by atomic mass is 9.94. The molecule has 1 heterocycles. The van der Waals surface area contributed by atoms with Crippen LogP contribution in [0.4, 0.5) is 0 Å². The smallest absolute Gasteiger partial charge is 0.222 e. The summed E-state index contributed by atoms with van der Waals surface area (Å²) in [5.41, 5.74) is 1.34. The van der Waals surface area contributed by atoms with Crippen molar-refractivity contribution in [1.29, 1.82) is 0 Å². The third kappa shape index (κ3) is 3.78. The quantitative estimate of drug-likeness (QED) is 0.847. The highest BCUT2D eigenvalue weighted by atomic mass is 16.5. The lowest BCUT2D eigenvalue weighted by Crippen LogP contribution is -2.34. The standard InChI is InChI=1S/C18H25NO2/c1-21-17-9-7-15(8-10-17)16-4-2-3-11-19(13-16)18(20)12-14-5-6-14/h7-10,14,16H,2-6,11-13H2,1H3. The van der Waals surface area contributed by atoms with Crippen LogP contribution in [-0.2, 0) is 4.79 Å². The summed E-state index contributed by atoms with van der Waals surface area (Å²) < 4.78 is 5.23. The zero-order chi connectivity index (χ0) is 14.7. The van der Waals surface area contributed by atoms with E-state index in [4.69, 9.17) is 4.74 Å². The second-order valence-electron chi connectivity index (χ2n) is 6.45. The number of methoxy groups -OCH3 is 1. The fraction of sp³-hybridized carbons (Fsp3) is 0.611. The Bertz CT molecular complexity index is 478. The molecule has 3 rings (SSSR count). The molecule has 1 aromatic carbocycles. The topological polar surface area (TPSA) is 29.5 Å². The van der Waals surface area contributed by atoms with Crippen molar-refractivity contribution in [2.75, 3.05) is 20.2 Å². The molecule has 1 unspecified atom stereocenters. The number of likely N-dealkylation sites (tertiary alicyclic amines) is 1. The van der Waals surface area contributed by atoms with Gasteiger partial charge in [-0.2, -0.15) is 0 Å². The van der Waals surface area contributed by atoms with Crippen LogP contribution in [0, 0.1) is 5.92 Å². The molecule has 0 bridgehead atoms. The van der Waals surface area contributed by atoms with Gasteiger partial charge in [0.25, 0.3) is 0 Å². The van der Waals surface area contributed by atoms with Gasteiger partial charge < -0.3 is 9.64 Å². The van der Waals surface area contributed by atoms with Gasteiger partial charge in [0.05, 0.1) is 7.11 Å². The number of hydrogen-bond acceptors (Lipinski definition) is 2. The molecule has 1 atom stereocenters. The fourth-order valence-electron chi connectivity index (χ4n) is 3.21. The van der Waals surface area contributed by atoms with Crippen molar-refractivity contribution < 1.29 is 9.53 Å². The number of ether oxygens (including phenoxy) is 1. The Morgan fingerprint density at radius 1 is 1.19 bits per heavy atom. The van der Waals surface area contributed by atoms with Gasteiger partial charge in [0.2, 0.25) is 5.91 Å². The SMILES string of the molecule is COc1ccc(C2CCCCN(C(=O)CC3CC3)C2)cc1. The summed E-state index contributed by atoms with van der Waals surface area (Å²) in [6.45, 7) is 1.83. The highest BCUT2D eigenvalue weighted by Gasteiger charge is 2.29. The molecule has 2 aliphatic rings. The highest BCUT2D eigenvalue weighted by molar-refractivity contribution is 5.76. The molecule has 1 amide bonds. The molecule has 1 aromatic rings. The lowest BCUT2D eigenvalue weighted by Gasteiger charge is -2.25. The minimum Gasteiger partial charge on any atom is -0.497 e. The lowest BCUT2D eigenvalue weighted by molar-refractivity contribution is -0.131. The van der Waals surface area contributed by atoms with Crippen molar-refractivity contribution >= 4 is 5.91 Å². The van der Waals surface area contributed by atoms with Crippen molar-refractivity contribution in [3.8, 4) is 5.75 Å². The van der Waals surface area contributed by atoms with Gasteiger partial charge in [-0.25, -0.2) is 0 Å². The predicted molar refractivity (Wildman–Crippen MR) is 83.5 cm³/mol. The van der Waals surface area contributed by atoms with Gasteiger partial charge in [0, 0.05) is 25.4 Å². The predicted octanol–water partition coefficient (Wildman–Crippen LogP) is 3.59. The van der Waals surface area contributed by atoms with Crippen LogP contribution < -0.4 is 4.74 Å². The molecule has 3 heteroatoms. The van der Waals surface area contributed by atoms with Crippen LogP contribution in [-0.4, -0.2) is 31.0 Å². The van der Waals surface area contributed by atoms with Crippen molar-refractivity contribution in [3.63, 3.8) is 0 Å². The molecule has 114 valence electrons. The molecular formula is C18H25NO2. The molecule has 1 aliphatic carbocycles. The number of benzene rings is 1. The average molecular weight is 287 g/mol. The second kappa shape index (κ2) is 6.50. The van der Waals surface area contributed by atoms with E-state index in [1.165, 1.54) is 31.2 Å². The molecule has 0 aromatic heterocycles. The first-order valence-corrected chi connectivity index (χ1v) is 8.18. The summed E-state index contributed by atoms with van der Waals surface area (Å²) in [5.74, 6) is 2.42. The van der Waals surface area contributed by atoms with E-state index < -0.39 is 0 Å². The molecule has 0 spiro atoms. The van der Waals surface area contributed by atoms with Crippen molar-refractivity contribution in [3.05, 3.63) is 29.8 Å². The minimum atomic E-state index is 0.373. The summed E-state index contributed by atoms with van der Waals surface area (Å²) in [6.07, 6.45) is 6.81. The first-order valence-electron chi connectivity index (χ1n) is 8.18. The average Bonchev–Trinajstić information content (AvgIpc) is 3.33. The maximum Gasteiger partial charge on any atom is 0.222 e. The Kier molecular flexibility index (Phi) is 4.47. The van der Waals surface area contributed by atoms with Crippen LogP contribution in [0.25, 0.3) is 0 Å². The molecule has 0 radical (unpaired) electrons. The second-order valence-corrected chi connectivity index (χ2v) is 6.45. The van der Waals surface area contributed by atoms with Gasteiger partial charge in [-0.05, 0) is 49.3 Å². The molecule has 21 heavy (non-hydrogen) atoms. The van der Waals surface area contributed by atoms with Gasteiger partial charge >= 0.3 is 0 Å². The van der Waals surface area contributed by atoms with Gasteiger partial charge in [-0.3, -0.25) is 4.79 Å². The van der Waals surface area contributed by atoms with E-state index in [1.807, 2.05) is 12.1 Å².